The van der Waals surface area contributed by atoms with Gasteiger partial charge >= 0.3 is 6.09 Å². The van der Waals surface area contributed by atoms with E-state index >= 15 is 0 Å². The Morgan fingerprint density at radius 3 is 2.80 bits per heavy atom. The first-order valence-corrected chi connectivity index (χ1v) is 9.04. The maximum atomic E-state index is 12.2. The smallest absolute Gasteiger partial charge is 0.413 e. The minimum atomic E-state index is -0.548. The maximum absolute atomic E-state index is 12.2. The Hall–Kier alpha value is -2.12. The molecule has 0 spiro atoms. The fourth-order valence-electron chi connectivity index (χ4n) is 1.91. The van der Waals surface area contributed by atoms with E-state index in [0.29, 0.717) is 28.1 Å². The van der Waals surface area contributed by atoms with Crippen LogP contribution in [0.15, 0.2) is 23.6 Å². The summed E-state index contributed by atoms with van der Waals surface area (Å²) in [7, 11) is 0. The highest BCUT2D eigenvalue weighted by atomic mass is 35.5. The summed E-state index contributed by atoms with van der Waals surface area (Å²) in [6.45, 7) is 6.08. The Morgan fingerprint density at radius 2 is 2.08 bits per heavy atom. The first kappa shape index (κ1) is 19.2. The molecule has 0 aliphatic heterocycles. The molecule has 134 valence electrons. The number of thiazole rings is 1. The van der Waals surface area contributed by atoms with Crippen LogP contribution in [0, 0.1) is 12.8 Å². The van der Waals surface area contributed by atoms with Crippen molar-refractivity contribution in [3.05, 3.63) is 39.9 Å². The Balaban J connectivity index is 1.89. The van der Waals surface area contributed by atoms with E-state index in [1.165, 1.54) is 11.3 Å². The third-order valence-corrected chi connectivity index (χ3v) is 4.41. The molecular weight excluding hydrogens is 362 g/mol. The number of amides is 2. The normalized spacial score (nSPS) is 10.6. The van der Waals surface area contributed by atoms with Gasteiger partial charge in [0.2, 0.25) is 5.91 Å². The highest BCUT2D eigenvalue weighted by molar-refractivity contribution is 7.13. The number of benzene rings is 1. The SMILES string of the molecule is Cc1c(Cl)cccc1NC(=O)Cc1csc(NC(=O)OCC(C)C)n1. The molecule has 0 saturated carbocycles. The quantitative estimate of drug-likeness (QED) is 0.772. The second-order valence-electron chi connectivity index (χ2n) is 5.90. The van der Waals surface area contributed by atoms with Gasteiger partial charge in [0.05, 0.1) is 18.7 Å². The van der Waals surface area contributed by atoms with Gasteiger partial charge in [0.25, 0.3) is 0 Å². The molecule has 1 aromatic heterocycles. The predicted octanol–water partition coefficient (Wildman–Crippen LogP) is 4.49. The molecule has 1 heterocycles. The number of halogens is 1. The van der Waals surface area contributed by atoms with Crippen LogP contribution in [-0.4, -0.2) is 23.6 Å². The van der Waals surface area contributed by atoms with Crippen LogP contribution in [0.2, 0.25) is 5.02 Å². The van der Waals surface area contributed by atoms with Crippen molar-refractivity contribution in [2.75, 3.05) is 17.2 Å². The molecule has 25 heavy (non-hydrogen) atoms. The zero-order chi connectivity index (χ0) is 18.4. The number of carbonyl (C=O) groups is 2. The van der Waals surface area contributed by atoms with E-state index in [0.717, 1.165) is 5.56 Å². The predicted molar refractivity (Wildman–Crippen MR) is 100 cm³/mol. The minimum Gasteiger partial charge on any atom is -0.449 e. The number of carbonyl (C=O) groups excluding carboxylic acids is 2. The van der Waals surface area contributed by atoms with Crippen LogP contribution in [0.4, 0.5) is 15.6 Å². The lowest BCUT2D eigenvalue weighted by molar-refractivity contribution is -0.115. The van der Waals surface area contributed by atoms with Gasteiger partial charge in [-0.1, -0.05) is 31.5 Å². The summed E-state index contributed by atoms with van der Waals surface area (Å²) < 4.78 is 5.03. The monoisotopic (exact) mass is 381 g/mol. The van der Waals surface area contributed by atoms with Gasteiger partial charge in [-0.25, -0.2) is 9.78 Å². The molecule has 0 bridgehead atoms. The van der Waals surface area contributed by atoms with E-state index < -0.39 is 6.09 Å². The summed E-state index contributed by atoms with van der Waals surface area (Å²) >= 11 is 7.28. The standard InChI is InChI=1S/C17H20ClN3O3S/c1-10(2)8-24-17(23)21-16-19-12(9-25-16)7-15(22)20-14-6-4-5-13(18)11(14)3/h4-6,9-10H,7-8H2,1-3H3,(H,20,22)(H,19,21,23). The molecule has 1 aromatic carbocycles. The molecule has 2 amide bonds. The highest BCUT2D eigenvalue weighted by Crippen LogP contribution is 2.23. The van der Waals surface area contributed by atoms with Crippen molar-refractivity contribution in [2.24, 2.45) is 5.92 Å². The molecule has 8 heteroatoms. The summed E-state index contributed by atoms with van der Waals surface area (Å²) in [5, 5.41) is 8.08. The molecular formula is C17H20ClN3O3S. The molecule has 2 aromatic rings. The lowest BCUT2D eigenvalue weighted by Gasteiger charge is -2.08. The van der Waals surface area contributed by atoms with Crippen LogP contribution >= 0.6 is 22.9 Å². The van der Waals surface area contributed by atoms with Gasteiger partial charge in [-0.05, 0) is 30.5 Å². The van der Waals surface area contributed by atoms with Gasteiger partial charge < -0.3 is 10.1 Å². The van der Waals surface area contributed by atoms with Gasteiger partial charge in [0, 0.05) is 16.1 Å². The number of aromatic nitrogens is 1. The second-order valence-corrected chi connectivity index (χ2v) is 7.16. The van der Waals surface area contributed by atoms with Gasteiger partial charge in [-0.15, -0.1) is 11.3 Å². The zero-order valence-electron chi connectivity index (χ0n) is 14.3. The van der Waals surface area contributed by atoms with E-state index in [1.807, 2.05) is 20.8 Å². The summed E-state index contributed by atoms with van der Waals surface area (Å²) in [6, 6.07) is 5.33. The maximum Gasteiger partial charge on any atom is 0.413 e. The van der Waals surface area contributed by atoms with Crippen molar-refractivity contribution >= 4 is 45.8 Å². The molecule has 0 radical (unpaired) electrons. The van der Waals surface area contributed by atoms with Gasteiger partial charge in [-0.3, -0.25) is 10.1 Å². The van der Waals surface area contributed by atoms with Crippen molar-refractivity contribution in [3.63, 3.8) is 0 Å². The minimum absolute atomic E-state index is 0.102. The number of hydrogen-bond donors (Lipinski definition) is 2. The van der Waals surface area contributed by atoms with Crippen LogP contribution in [0.5, 0.6) is 0 Å². The van der Waals surface area contributed by atoms with Crippen LogP contribution in [0.3, 0.4) is 0 Å². The second kappa shape index (κ2) is 8.82. The lowest BCUT2D eigenvalue weighted by atomic mass is 10.2. The molecule has 0 unspecified atom stereocenters. The average Bonchev–Trinajstić information content (AvgIpc) is 2.96. The van der Waals surface area contributed by atoms with Crippen LogP contribution in [0.25, 0.3) is 0 Å². The third-order valence-electron chi connectivity index (χ3n) is 3.19. The Labute approximate surface area is 155 Å². The Bertz CT molecular complexity index is 761. The Kier molecular flexibility index (Phi) is 6.78. The average molecular weight is 382 g/mol. The number of rotatable bonds is 6. The number of nitrogens with zero attached hydrogens (tertiary/aromatic N) is 1. The highest BCUT2D eigenvalue weighted by Gasteiger charge is 2.12. The van der Waals surface area contributed by atoms with E-state index in [-0.39, 0.29) is 18.2 Å². The van der Waals surface area contributed by atoms with Crippen molar-refractivity contribution in [1.82, 2.24) is 4.98 Å². The largest absolute Gasteiger partial charge is 0.449 e. The molecule has 0 aliphatic rings. The Morgan fingerprint density at radius 1 is 1.32 bits per heavy atom. The van der Waals surface area contributed by atoms with Gasteiger partial charge in [0.1, 0.15) is 0 Å². The molecule has 6 nitrogen and oxygen atoms in total. The first-order chi connectivity index (χ1) is 11.8. The zero-order valence-corrected chi connectivity index (χ0v) is 15.8. The molecule has 0 aliphatic carbocycles. The summed E-state index contributed by atoms with van der Waals surface area (Å²) in [5.74, 6) is 0.0563. The van der Waals surface area contributed by atoms with Crippen LogP contribution in [0.1, 0.15) is 25.1 Å². The summed E-state index contributed by atoms with van der Waals surface area (Å²) in [4.78, 5) is 28.0. The number of nitrogens with one attached hydrogen (secondary N) is 2. The van der Waals surface area contributed by atoms with Gasteiger partial charge in [0.15, 0.2) is 5.13 Å². The fraction of sp³-hybridized carbons (Fsp3) is 0.353. The van der Waals surface area contributed by atoms with Gasteiger partial charge in [-0.2, -0.15) is 0 Å². The fourth-order valence-corrected chi connectivity index (χ4v) is 2.78. The van der Waals surface area contributed by atoms with E-state index in [2.05, 4.69) is 15.6 Å². The number of anilines is 2. The molecule has 0 atom stereocenters. The first-order valence-electron chi connectivity index (χ1n) is 7.78. The third kappa shape index (κ3) is 6.03. The number of ether oxygens (including phenoxy) is 1. The van der Waals surface area contributed by atoms with Crippen molar-refractivity contribution in [3.8, 4) is 0 Å². The number of hydrogen-bond acceptors (Lipinski definition) is 5. The van der Waals surface area contributed by atoms with Crippen LogP contribution in [-0.2, 0) is 16.0 Å². The summed E-state index contributed by atoms with van der Waals surface area (Å²) in [6.07, 6.45) is -0.445. The van der Waals surface area contributed by atoms with E-state index in [4.69, 9.17) is 16.3 Å². The molecule has 2 rings (SSSR count). The van der Waals surface area contributed by atoms with Crippen molar-refractivity contribution in [1.29, 1.82) is 0 Å². The molecule has 2 N–H and O–H groups in total. The topological polar surface area (TPSA) is 80.3 Å². The molecule has 0 fully saturated rings. The van der Waals surface area contributed by atoms with E-state index in [9.17, 15) is 9.59 Å². The van der Waals surface area contributed by atoms with Crippen molar-refractivity contribution < 1.29 is 14.3 Å². The van der Waals surface area contributed by atoms with E-state index in [1.54, 1.807) is 23.6 Å². The molecule has 0 saturated heterocycles. The van der Waals surface area contributed by atoms with Crippen molar-refractivity contribution in [2.45, 2.75) is 27.2 Å². The van der Waals surface area contributed by atoms with Crippen LogP contribution < -0.4 is 10.6 Å². The lowest BCUT2D eigenvalue weighted by Crippen LogP contribution is -2.17. The summed E-state index contributed by atoms with van der Waals surface area (Å²) in [5.41, 5.74) is 2.05.